The first kappa shape index (κ1) is 17.7. The van der Waals surface area contributed by atoms with Gasteiger partial charge in [-0.05, 0) is 43.0 Å². The van der Waals surface area contributed by atoms with Gasteiger partial charge in [0.2, 0.25) is 0 Å². The number of aliphatic imine (C=N–C) groups is 1. The van der Waals surface area contributed by atoms with Crippen LogP contribution in [0.3, 0.4) is 0 Å². The van der Waals surface area contributed by atoms with Gasteiger partial charge in [-0.1, -0.05) is 41.6 Å². The zero-order valence-electron chi connectivity index (χ0n) is 14.5. The molecule has 0 bridgehead atoms. The van der Waals surface area contributed by atoms with E-state index in [1.54, 1.807) is 12.3 Å². The van der Waals surface area contributed by atoms with Crippen LogP contribution in [0, 0.1) is 0 Å². The minimum Gasteiger partial charge on any atom is -0.396 e. The first-order chi connectivity index (χ1) is 12.9. The molecule has 0 saturated heterocycles. The Kier molecular flexibility index (Phi) is 6.42. The Balaban J connectivity index is 1.54. The lowest BCUT2D eigenvalue weighted by Gasteiger charge is -2.12. The van der Waals surface area contributed by atoms with Gasteiger partial charge in [0.15, 0.2) is 6.29 Å². The van der Waals surface area contributed by atoms with Crippen molar-refractivity contribution < 1.29 is 9.63 Å². The van der Waals surface area contributed by atoms with Crippen LogP contribution in [0.25, 0.3) is 0 Å². The third-order valence-corrected chi connectivity index (χ3v) is 4.02. The minimum atomic E-state index is 0.396. The van der Waals surface area contributed by atoms with Gasteiger partial charge in [-0.15, -0.1) is 0 Å². The molecule has 0 atom stereocenters. The van der Waals surface area contributed by atoms with Gasteiger partial charge in [0.1, 0.15) is 18.0 Å². The van der Waals surface area contributed by atoms with E-state index in [0.717, 1.165) is 25.5 Å². The van der Waals surface area contributed by atoms with Crippen LogP contribution in [0.4, 0.5) is 0 Å². The Bertz CT molecular complexity index is 812. The second-order valence-corrected chi connectivity index (χ2v) is 5.94. The van der Waals surface area contributed by atoms with E-state index in [2.05, 4.69) is 39.4 Å². The number of oxime groups is 1. The van der Waals surface area contributed by atoms with Crippen molar-refractivity contribution in [1.29, 1.82) is 0 Å². The number of allylic oxidation sites excluding steroid dienone is 2. The zero-order valence-corrected chi connectivity index (χ0v) is 14.5. The van der Waals surface area contributed by atoms with Crippen LogP contribution >= 0.6 is 0 Å². The summed E-state index contributed by atoms with van der Waals surface area (Å²) in [6.07, 6.45) is 7.70. The van der Waals surface area contributed by atoms with Crippen molar-refractivity contribution in [2.75, 3.05) is 6.61 Å². The molecule has 132 valence electrons. The summed E-state index contributed by atoms with van der Waals surface area (Å²) in [6, 6.07) is 16.0. The summed E-state index contributed by atoms with van der Waals surface area (Å²) < 4.78 is 0. The van der Waals surface area contributed by atoms with Crippen molar-refractivity contribution in [1.82, 2.24) is 4.98 Å². The number of nitrogens with zero attached hydrogens (tertiary/aromatic N) is 3. The quantitative estimate of drug-likeness (QED) is 0.415. The highest BCUT2D eigenvalue weighted by atomic mass is 16.6. The largest absolute Gasteiger partial charge is 0.396 e. The summed E-state index contributed by atoms with van der Waals surface area (Å²) in [4.78, 5) is 25.2. The number of unbranched alkanes of at least 4 members (excludes halogenated alkanes) is 1. The predicted octanol–water partition coefficient (Wildman–Crippen LogP) is 3.75. The number of hydrogen-bond donors (Lipinski definition) is 0. The highest BCUT2D eigenvalue weighted by Crippen LogP contribution is 2.13. The molecule has 1 aromatic heterocycles. The maximum absolute atomic E-state index is 11.0. The number of hydrogen-bond acceptors (Lipinski definition) is 5. The van der Waals surface area contributed by atoms with Gasteiger partial charge < -0.3 is 4.84 Å². The Morgan fingerprint density at radius 2 is 1.92 bits per heavy atom. The number of aldehydes is 1. The summed E-state index contributed by atoms with van der Waals surface area (Å²) >= 11 is 0. The van der Waals surface area contributed by atoms with Crippen molar-refractivity contribution in [3.8, 4) is 0 Å². The fourth-order valence-electron chi connectivity index (χ4n) is 2.66. The van der Waals surface area contributed by atoms with Gasteiger partial charge in [-0.25, -0.2) is 4.99 Å². The molecule has 5 heteroatoms. The van der Waals surface area contributed by atoms with Crippen molar-refractivity contribution >= 4 is 17.7 Å². The Hall–Kier alpha value is -3.08. The molecule has 2 aromatic rings. The van der Waals surface area contributed by atoms with Crippen LogP contribution in [0.1, 0.15) is 30.5 Å². The highest BCUT2D eigenvalue weighted by Gasteiger charge is 2.18. The fraction of sp³-hybridized carbons (Fsp3) is 0.238. The lowest BCUT2D eigenvalue weighted by Crippen LogP contribution is -2.20. The third kappa shape index (κ3) is 4.96. The molecular formula is C21H21N3O2. The van der Waals surface area contributed by atoms with E-state index in [9.17, 15) is 4.79 Å². The number of carbonyl (C=O) groups is 1. The third-order valence-electron chi connectivity index (χ3n) is 4.02. The molecule has 3 rings (SSSR count). The molecule has 0 spiro atoms. The monoisotopic (exact) mass is 347 g/mol. The average Bonchev–Trinajstić information content (AvgIpc) is 2.72. The van der Waals surface area contributed by atoms with Crippen LogP contribution < -0.4 is 0 Å². The molecule has 0 N–H and O–H groups in total. The number of aromatic nitrogens is 1. The van der Waals surface area contributed by atoms with Crippen molar-refractivity contribution in [2.24, 2.45) is 10.1 Å². The summed E-state index contributed by atoms with van der Waals surface area (Å²) in [5.41, 5.74) is 3.71. The Morgan fingerprint density at radius 1 is 1.08 bits per heavy atom. The van der Waals surface area contributed by atoms with Gasteiger partial charge >= 0.3 is 0 Å². The molecule has 26 heavy (non-hydrogen) atoms. The second-order valence-electron chi connectivity index (χ2n) is 5.94. The summed E-state index contributed by atoms with van der Waals surface area (Å²) in [5.74, 6) is 0. The first-order valence-corrected chi connectivity index (χ1v) is 8.75. The first-order valence-electron chi connectivity index (χ1n) is 8.75. The number of aryl methyl sites for hydroxylation is 1. The molecule has 0 fully saturated rings. The number of rotatable bonds is 8. The Labute approximate surface area is 153 Å². The molecule has 1 aliphatic rings. The van der Waals surface area contributed by atoms with E-state index < -0.39 is 0 Å². The molecule has 2 heterocycles. The molecule has 1 aromatic carbocycles. The molecule has 0 radical (unpaired) electrons. The standard InChI is InChI=1S/C21H21N3O2/c25-16-18-12-13-20(21(23-18)19-11-4-6-14-22-19)24-26-15-7-5-10-17-8-2-1-3-9-17/h1-4,6,8-9,11-12,14,16H,5,7,10,13,15H2. The van der Waals surface area contributed by atoms with Gasteiger partial charge in [0.05, 0.1) is 11.4 Å². The number of carbonyl (C=O) groups excluding carboxylic acids is 1. The van der Waals surface area contributed by atoms with E-state index in [1.165, 1.54) is 5.56 Å². The van der Waals surface area contributed by atoms with Gasteiger partial charge in [0.25, 0.3) is 0 Å². The van der Waals surface area contributed by atoms with E-state index in [1.807, 2.05) is 24.3 Å². The Morgan fingerprint density at radius 3 is 2.69 bits per heavy atom. The predicted molar refractivity (Wildman–Crippen MR) is 102 cm³/mol. The van der Waals surface area contributed by atoms with Gasteiger partial charge in [-0.3, -0.25) is 9.78 Å². The second kappa shape index (κ2) is 9.42. The maximum Gasteiger partial charge on any atom is 0.168 e. The van der Waals surface area contributed by atoms with Crippen molar-refractivity contribution in [2.45, 2.75) is 25.7 Å². The van der Waals surface area contributed by atoms with Crippen molar-refractivity contribution in [3.63, 3.8) is 0 Å². The van der Waals surface area contributed by atoms with Gasteiger partial charge in [0, 0.05) is 12.6 Å². The summed E-state index contributed by atoms with van der Waals surface area (Å²) in [6.45, 7) is 0.552. The average molecular weight is 347 g/mol. The van der Waals surface area contributed by atoms with Crippen LogP contribution in [0.5, 0.6) is 0 Å². The lowest BCUT2D eigenvalue weighted by molar-refractivity contribution is -0.104. The molecule has 0 aliphatic carbocycles. The molecule has 0 saturated carbocycles. The van der Waals surface area contributed by atoms with Crippen LogP contribution in [0.2, 0.25) is 0 Å². The highest BCUT2D eigenvalue weighted by molar-refractivity contribution is 6.49. The minimum absolute atomic E-state index is 0.396. The summed E-state index contributed by atoms with van der Waals surface area (Å²) in [7, 11) is 0. The van der Waals surface area contributed by atoms with E-state index >= 15 is 0 Å². The maximum atomic E-state index is 11.0. The molecule has 0 unspecified atom stereocenters. The van der Waals surface area contributed by atoms with Crippen LogP contribution in [0.15, 0.2) is 76.6 Å². The van der Waals surface area contributed by atoms with E-state index in [-0.39, 0.29) is 0 Å². The molecule has 1 aliphatic heterocycles. The normalized spacial score (nSPS) is 15.3. The van der Waals surface area contributed by atoms with E-state index in [4.69, 9.17) is 4.84 Å². The zero-order chi connectivity index (χ0) is 18.0. The lowest BCUT2D eigenvalue weighted by atomic mass is 10.0. The van der Waals surface area contributed by atoms with E-state index in [0.29, 0.717) is 35.8 Å². The molecule has 5 nitrogen and oxygen atoms in total. The fourth-order valence-corrected chi connectivity index (χ4v) is 2.66. The molecular weight excluding hydrogens is 326 g/mol. The van der Waals surface area contributed by atoms with Crippen LogP contribution in [-0.2, 0) is 16.1 Å². The molecule has 0 amide bonds. The van der Waals surface area contributed by atoms with Crippen molar-refractivity contribution in [3.05, 3.63) is 77.8 Å². The topological polar surface area (TPSA) is 63.9 Å². The van der Waals surface area contributed by atoms with Crippen LogP contribution in [-0.4, -0.2) is 29.3 Å². The number of benzene rings is 1. The van der Waals surface area contributed by atoms with Gasteiger partial charge in [-0.2, -0.15) is 0 Å². The smallest absolute Gasteiger partial charge is 0.168 e. The SMILES string of the molecule is O=CC1=CCC(=NOCCCCc2ccccc2)C(c2ccccn2)=N1. The number of pyridine rings is 1. The summed E-state index contributed by atoms with van der Waals surface area (Å²) in [5, 5.41) is 4.24.